The van der Waals surface area contributed by atoms with Crippen LogP contribution in [0.2, 0.25) is 0 Å². The molecule has 0 N–H and O–H groups in total. The maximum absolute atomic E-state index is 5.39. The normalized spacial score (nSPS) is 10.8. The number of benzene rings is 1. The number of hydrogen-bond acceptors (Lipinski definition) is 6. The number of aromatic nitrogens is 4. The van der Waals surface area contributed by atoms with E-state index in [0.29, 0.717) is 5.95 Å². The molecule has 0 aliphatic rings. The predicted octanol–water partition coefficient (Wildman–Crippen LogP) is 3.28. The topological polar surface area (TPSA) is 65.3 Å². The molecule has 0 aliphatic carbocycles. The zero-order valence-corrected chi connectivity index (χ0v) is 17.4. The van der Waals surface area contributed by atoms with Crippen LogP contribution in [-0.4, -0.2) is 47.6 Å². The van der Waals surface area contributed by atoms with Crippen LogP contribution in [0.5, 0.6) is 11.5 Å². The molecule has 0 radical (unpaired) electrons. The van der Waals surface area contributed by atoms with Crippen molar-refractivity contribution in [2.24, 2.45) is 0 Å². The van der Waals surface area contributed by atoms with Crippen molar-refractivity contribution in [3.63, 3.8) is 0 Å². The Labute approximate surface area is 165 Å². The van der Waals surface area contributed by atoms with E-state index in [2.05, 4.69) is 21.0 Å². The second kappa shape index (κ2) is 8.29. The molecule has 28 heavy (non-hydrogen) atoms. The highest BCUT2D eigenvalue weighted by atomic mass is 16.5. The molecular formula is C21H27N5O2. The van der Waals surface area contributed by atoms with Crippen LogP contribution in [-0.2, 0) is 6.42 Å². The number of nitrogens with zero attached hydrogens (tertiary/aromatic N) is 5. The van der Waals surface area contributed by atoms with Crippen LogP contribution in [0.3, 0.4) is 0 Å². The Bertz CT molecular complexity index is 967. The smallest absolute Gasteiger partial charge is 0.252 e. The molecule has 0 atom stereocenters. The van der Waals surface area contributed by atoms with Gasteiger partial charge >= 0.3 is 0 Å². The summed E-state index contributed by atoms with van der Waals surface area (Å²) in [6.45, 7) is 6.76. The summed E-state index contributed by atoms with van der Waals surface area (Å²) in [6.07, 6.45) is 0.856. The van der Waals surface area contributed by atoms with E-state index >= 15 is 0 Å². The van der Waals surface area contributed by atoms with Gasteiger partial charge in [0, 0.05) is 31.0 Å². The van der Waals surface area contributed by atoms with Crippen molar-refractivity contribution in [1.29, 1.82) is 0 Å². The molecule has 148 valence electrons. The molecule has 0 spiro atoms. The van der Waals surface area contributed by atoms with Crippen molar-refractivity contribution in [1.82, 2.24) is 19.7 Å². The van der Waals surface area contributed by atoms with E-state index in [4.69, 9.17) is 14.5 Å². The minimum atomic E-state index is 0.596. The summed E-state index contributed by atoms with van der Waals surface area (Å²) >= 11 is 0. The maximum atomic E-state index is 5.39. The van der Waals surface area contributed by atoms with Crippen LogP contribution in [0.1, 0.15) is 22.6 Å². The van der Waals surface area contributed by atoms with Crippen molar-refractivity contribution < 1.29 is 9.47 Å². The number of likely N-dealkylation sites (N-methyl/N-ethyl adjacent to an activating group) is 1. The van der Waals surface area contributed by atoms with E-state index in [0.717, 1.165) is 47.4 Å². The third-order valence-corrected chi connectivity index (χ3v) is 4.60. The Hall–Kier alpha value is -3.09. The second-order valence-corrected chi connectivity index (χ2v) is 6.87. The van der Waals surface area contributed by atoms with E-state index in [-0.39, 0.29) is 0 Å². The Kier molecular flexibility index (Phi) is 5.82. The molecule has 0 saturated heterocycles. The van der Waals surface area contributed by atoms with Gasteiger partial charge in [-0.15, -0.1) is 0 Å². The Morgan fingerprint density at radius 1 is 0.929 bits per heavy atom. The summed E-state index contributed by atoms with van der Waals surface area (Å²) in [5.41, 5.74) is 4.05. The average molecular weight is 381 g/mol. The average Bonchev–Trinajstić information content (AvgIpc) is 3.03. The van der Waals surface area contributed by atoms with Gasteiger partial charge in [-0.05, 0) is 51.0 Å². The first kappa shape index (κ1) is 19.7. The summed E-state index contributed by atoms with van der Waals surface area (Å²) in [6, 6.07) is 10.0. The van der Waals surface area contributed by atoms with Crippen molar-refractivity contribution in [3.8, 4) is 17.4 Å². The van der Waals surface area contributed by atoms with Crippen LogP contribution in [0.25, 0.3) is 5.95 Å². The monoisotopic (exact) mass is 381 g/mol. The van der Waals surface area contributed by atoms with E-state index in [9.17, 15) is 0 Å². The zero-order chi connectivity index (χ0) is 20.3. The molecule has 1 aromatic carbocycles. The molecule has 0 fully saturated rings. The minimum absolute atomic E-state index is 0.596. The number of rotatable bonds is 7. The van der Waals surface area contributed by atoms with Gasteiger partial charge in [0.2, 0.25) is 0 Å². The van der Waals surface area contributed by atoms with E-state index in [1.54, 1.807) is 18.9 Å². The highest BCUT2D eigenvalue weighted by molar-refractivity contribution is 5.44. The summed E-state index contributed by atoms with van der Waals surface area (Å²) in [5, 5.41) is 4.50. The van der Waals surface area contributed by atoms with Crippen molar-refractivity contribution in [2.75, 3.05) is 32.7 Å². The van der Waals surface area contributed by atoms with Gasteiger partial charge in [-0.25, -0.2) is 9.67 Å². The Balaban J connectivity index is 1.78. The fraction of sp³-hybridized carbons (Fsp3) is 0.381. The lowest BCUT2D eigenvalue weighted by atomic mass is 10.1. The van der Waals surface area contributed by atoms with Crippen LogP contribution in [0.15, 0.2) is 30.3 Å². The predicted molar refractivity (Wildman–Crippen MR) is 110 cm³/mol. The summed E-state index contributed by atoms with van der Waals surface area (Å²) in [5.74, 6) is 2.95. The van der Waals surface area contributed by atoms with Crippen LogP contribution in [0.4, 0.5) is 5.82 Å². The van der Waals surface area contributed by atoms with Gasteiger partial charge in [-0.1, -0.05) is 6.07 Å². The molecule has 3 aromatic rings. The zero-order valence-electron chi connectivity index (χ0n) is 17.4. The lowest BCUT2D eigenvalue weighted by molar-refractivity contribution is 0.354. The first-order valence-electron chi connectivity index (χ1n) is 9.22. The lowest BCUT2D eigenvalue weighted by Gasteiger charge is -2.19. The Morgan fingerprint density at radius 2 is 1.68 bits per heavy atom. The van der Waals surface area contributed by atoms with Crippen LogP contribution < -0.4 is 14.4 Å². The highest BCUT2D eigenvalue weighted by Crippen LogP contribution is 2.28. The van der Waals surface area contributed by atoms with Crippen molar-refractivity contribution in [2.45, 2.75) is 27.2 Å². The SMILES string of the molecule is COc1ccc(CCN(C)c2cc(C)nc(-n3nc(C)cc3C)n2)cc1OC. The molecule has 2 heterocycles. The van der Waals surface area contributed by atoms with Gasteiger partial charge in [0.05, 0.1) is 19.9 Å². The van der Waals surface area contributed by atoms with Crippen LogP contribution in [0, 0.1) is 20.8 Å². The molecule has 0 amide bonds. The molecule has 7 heteroatoms. The molecule has 0 unspecified atom stereocenters. The van der Waals surface area contributed by atoms with E-state index in [1.165, 1.54) is 5.56 Å². The quantitative estimate of drug-likeness (QED) is 0.626. The summed E-state index contributed by atoms with van der Waals surface area (Å²) in [4.78, 5) is 11.4. The molecule has 3 rings (SSSR count). The number of anilines is 1. The first-order chi connectivity index (χ1) is 13.4. The highest BCUT2D eigenvalue weighted by Gasteiger charge is 2.12. The number of methoxy groups -OCH3 is 2. The molecular weight excluding hydrogens is 354 g/mol. The van der Waals surface area contributed by atoms with Gasteiger partial charge in [0.1, 0.15) is 5.82 Å². The standard InChI is InChI=1S/C21H27N5O2/c1-14-12-20(23-21(22-14)26-16(3)11-15(2)24-26)25(4)10-9-17-7-8-18(27-5)19(13-17)28-6/h7-8,11-13H,9-10H2,1-6H3. The fourth-order valence-electron chi connectivity index (χ4n) is 3.11. The molecule has 0 saturated carbocycles. The first-order valence-corrected chi connectivity index (χ1v) is 9.22. The second-order valence-electron chi connectivity index (χ2n) is 6.87. The Morgan fingerprint density at radius 3 is 2.32 bits per heavy atom. The van der Waals surface area contributed by atoms with Gasteiger partial charge in [0.15, 0.2) is 11.5 Å². The van der Waals surface area contributed by atoms with E-state index in [1.807, 2.05) is 52.1 Å². The molecule has 7 nitrogen and oxygen atoms in total. The summed E-state index contributed by atoms with van der Waals surface area (Å²) in [7, 11) is 5.33. The maximum Gasteiger partial charge on any atom is 0.252 e. The van der Waals surface area contributed by atoms with E-state index < -0.39 is 0 Å². The van der Waals surface area contributed by atoms with Gasteiger partial charge < -0.3 is 14.4 Å². The largest absolute Gasteiger partial charge is 0.493 e. The number of aryl methyl sites for hydroxylation is 3. The lowest BCUT2D eigenvalue weighted by Crippen LogP contribution is -2.22. The fourth-order valence-corrected chi connectivity index (χ4v) is 3.11. The van der Waals surface area contributed by atoms with Gasteiger partial charge in [-0.3, -0.25) is 0 Å². The van der Waals surface area contributed by atoms with Crippen molar-refractivity contribution >= 4 is 5.82 Å². The summed E-state index contributed by atoms with van der Waals surface area (Å²) < 4.78 is 12.5. The van der Waals surface area contributed by atoms with Gasteiger partial charge in [0.25, 0.3) is 5.95 Å². The number of ether oxygens (including phenoxy) is 2. The van der Waals surface area contributed by atoms with Crippen LogP contribution >= 0.6 is 0 Å². The third kappa shape index (κ3) is 4.24. The van der Waals surface area contributed by atoms with Crippen molar-refractivity contribution in [3.05, 3.63) is 53.0 Å². The number of hydrogen-bond donors (Lipinski definition) is 0. The third-order valence-electron chi connectivity index (χ3n) is 4.60. The minimum Gasteiger partial charge on any atom is -0.493 e. The molecule has 0 bridgehead atoms. The van der Waals surface area contributed by atoms with Gasteiger partial charge in [-0.2, -0.15) is 10.1 Å². The molecule has 2 aromatic heterocycles. The molecule has 0 aliphatic heterocycles.